The number of carbonyl (C=O) groups is 1. The molecule has 1 aliphatic carbocycles. The summed E-state index contributed by atoms with van der Waals surface area (Å²) in [7, 11) is 0. The summed E-state index contributed by atoms with van der Waals surface area (Å²) in [6.07, 6.45) is 5.30. The number of fused-ring (bicyclic) bond motifs is 2. The summed E-state index contributed by atoms with van der Waals surface area (Å²) < 4.78 is 19.8. The second-order valence-electron chi connectivity index (χ2n) is 7.39. The van der Waals surface area contributed by atoms with E-state index in [4.69, 9.17) is 4.42 Å². The quantitative estimate of drug-likeness (QED) is 0.777. The van der Waals surface area contributed by atoms with Gasteiger partial charge in [-0.2, -0.15) is 0 Å². The molecule has 1 amide bonds. The number of nitrogens with zero attached hydrogens (tertiary/aromatic N) is 2. The monoisotopic (exact) mass is 353 g/mol. The van der Waals surface area contributed by atoms with Crippen molar-refractivity contribution in [2.24, 2.45) is 5.92 Å². The average molecular weight is 353 g/mol. The molecule has 0 radical (unpaired) electrons. The maximum absolute atomic E-state index is 13.7. The lowest BCUT2D eigenvalue weighted by Crippen LogP contribution is -2.41. The first kappa shape index (κ1) is 15.6. The average Bonchev–Trinajstić information content (AvgIpc) is 3.21. The molecule has 0 unspecified atom stereocenters. The third kappa shape index (κ3) is 2.43. The number of amides is 1. The summed E-state index contributed by atoms with van der Waals surface area (Å²) in [5, 5.41) is 0.747. The van der Waals surface area contributed by atoms with Crippen LogP contribution in [0.15, 0.2) is 28.9 Å². The number of hydrogen-bond donors (Lipinski definition) is 1. The first-order chi connectivity index (χ1) is 12.6. The van der Waals surface area contributed by atoms with Gasteiger partial charge in [0.15, 0.2) is 0 Å². The van der Waals surface area contributed by atoms with Gasteiger partial charge < -0.3 is 14.3 Å². The molecule has 0 spiro atoms. The van der Waals surface area contributed by atoms with E-state index in [9.17, 15) is 9.18 Å². The molecule has 0 saturated heterocycles. The zero-order valence-corrected chi connectivity index (χ0v) is 14.6. The van der Waals surface area contributed by atoms with Gasteiger partial charge in [-0.25, -0.2) is 9.37 Å². The lowest BCUT2D eigenvalue weighted by atomic mass is 9.97. The van der Waals surface area contributed by atoms with E-state index in [1.807, 2.05) is 11.8 Å². The standard InChI is InChI=1S/C20H20FN3O2/c1-11-14-9-13(21)4-5-16(14)26-20(11)19-18-15(22-10-23-18)6-7-24(19)17(25)8-12-2-3-12/h4-5,9-10,12,19H,2-3,6-8H2,1H3,(H,22,23)/t19-/m0/s1. The Bertz CT molecular complexity index is 1000. The van der Waals surface area contributed by atoms with Crippen LogP contribution in [-0.4, -0.2) is 27.3 Å². The number of nitrogens with one attached hydrogen (secondary N) is 1. The number of halogens is 1. The van der Waals surface area contributed by atoms with Gasteiger partial charge in [0.2, 0.25) is 5.91 Å². The van der Waals surface area contributed by atoms with Crippen molar-refractivity contribution in [1.82, 2.24) is 14.9 Å². The van der Waals surface area contributed by atoms with E-state index in [1.54, 1.807) is 12.4 Å². The number of H-pyrrole nitrogens is 1. The molecule has 2 aliphatic rings. The zero-order chi connectivity index (χ0) is 17.8. The number of furan rings is 1. The molecule has 3 heterocycles. The number of aryl methyl sites for hydroxylation is 1. The molecule has 6 heteroatoms. The maximum Gasteiger partial charge on any atom is 0.223 e. The lowest BCUT2D eigenvalue weighted by Gasteiger charge is -2.34. The predicted octanol–water partition coefficient (Wildman–Crippen LogP) is 3.88. The Hall–Kier alpha value is -2.63. The Morgan fingerprint density at radius 1 is 1.42 bits per heavy atom. The van der Waals surface area contributed by atoms with E-state index in [-0.39, 0.29) is 17.8 Å². The first-order valence-electron chi connectivity index (χ1n) is 9.12. The molecule has 5 rings (SSSR count). The van der Waals surface area contributed by atoms with E-state index in [0.717, 1.165) is 41.6 Å². The molecule has 1 atom stereocenters. The van der Waals surface area contributed by atoms with Crippen molar-refractivity contribution in [3.8, 4) is 0 Å². The van der Waals surface area contributed by atoms with Gasteiger partial charge in [0.1, 0.15) is 23.2 Å². The van der Waals surface area contributed by atoms with Crippen LogP contribution in [0.5, 0.6) is 0 Å². The normalized spacial score (nSPS) is 19.8. The van der Waals surface area contributed by atoms with E-state index in [2.05, 4.69) is 9.97 Å². The molecule has 134 valence electrons. The third-order valence-electron chi connectivity index (χ3n) is 5.59. The molecule has 2 aromatic heterocycles. The first-order valence-corrected chi connectivity index (χ1v) is 9.12. The fraction of sp³-hybridized carbons (Fsp3) is 0.400. The molecular weight excluding hydrogens is 333 g/mol. The highest BCUT2D eigenvalue weighted by Crippen LogP contribution is 2.41. The molecule has 1 fully saturated rings. The van der Waals surface area contributed by atoms with Crippen molar-refractivity contribution >= 4 is 16.9 Å². The SMILES string of the molecule is Cc1c([C@@H]2c3nc[nH]c3CCN2C(=O)CC2CC2)oc2ccc(F)cc12. The van der Waals surface area contributed by atoms with Gasteiger partial charge in [0.25, 0.3) is 0 Å². The number of benzene rings is 1. The second kappa shape index (κ2) is 5.69. The van der Waals surface area contributed by atoms with Crippen molar-refractivity contribution in [3.63, 3.8) is 0 Å². The van der Waals surface area contributed by atoms with Crippen molar-refractivity contribution in [2.75, 3.05) is 6.54 Å². The van der Waals surface area contributed by atoms with Gasteiger partial charge in [0, 0.05) is 36.0 Å². The molecule has 1 aliphatic heterocycles. The van der Waals surface area contributed by atoms with Crippen LogP contribution < -0.4 is 0 Å². The van der Waals surface area contributed by atoms with E-state index in [1.165, 1.54) is 12.1 Å². The smallest absolute Gasteiger partial charge is 0.223 e. The largest absolute Gasteiger partial charge is 0.458 e. The van der Waals surface area contributed by atoms with E-state index in [0.29, 0.717) is 30.2 Å². The second-order valence-corrected chi connectivity index (χ2v) is 7.39. The molecular formula is C20H20FN3O2. The number of carbonyl (C=O) groups excluding carboxylic acids is 1. The molecule has 1 N–H and O–H groups in total. The van der Waals surface area contributed by atoms with E-state index < -0.39 is 0 Å². The fourth-order valence-corrected chi connectivity index (χ4v) is 3.97. The highest BCUT2D eigenvalue weighted by molar-refractivity contribution is 5.83. The molecule has 0 bridgehead atoms. The fourth-order valence-electron chi connectivity index (χ4n) is 3.97. The zero-order valence-electron chi connectivity index (χ0n) is 14.6. The van der Waals surface area contributed by atoms with Crippen LogP contribution in [0.2, 0.25) is 0 Å². The van der Waals surface area contributed by atoms with Gasteiger partial charge in [-0.05, 0) is 43.9 Å². The van der Waals surface area contributed by atoms with Crippen LogP contribution in [0, 0.1) is 18.7 Å². The summed E-state index contributed by atoms with van der Waals surface area (Å²) in [5.74, 6) is 1.06. The van der Waals surface area contributed by atoms with Crippen molar-refractivity contribution in [3.05, 3.63) is 53.1 Å². The minimum atomic E-state index is -0.355. The summed E-state index contributed by atoms with van der Waals surface area (Å²) >= 11 is 0. The Balaban J connectivity index is 1.63. The van der Waals surface area contributed by atoms with Crippen LogP contribution in [0.4, 0.5) is 4.39 Å². The van der Waals surface area contributed by atoms with Crippen molar-refractivity contribution in [1.29, 1.82) is 0 Å². The highest BCUT2D eigenvalue weighted by atomic mass is 19.1. The van der Waals surface area contributed by atoms with Crippen LogP contribution in [0.3, 0.4) is 0 Å². The number of hydrogen-bond acceptors (Lipinski definition) is 3. The van der Waals surface area contributed by atoms with Crippen LogP contribution >= 0.6 is 0 Å². The van der Waals surface area contributed by atoms with Gasteiger partial charge in [-0.3, -0.25) is 4.79 Å². The molecule has 26 heavy (non-hydrogen) atoms. The van der Waals surface area contributed by atoms with Crippen LogP contribution in [0.1, 0.15) is 48.0 Å². The van der Waals surface area contributed by atoms with Crippen molar-refractivity contribution in [2.45, 2.75) is 38.6 Å². The van der Waals surface area contributed by atoms with Gasteiger partial charge in [0.05, 0.1) is 12.0 Å². The highest BCUT2D eigenvalue weighted by Gasteiger charge is 2.39. The van der Waals surface area contributed by atoms with E-state index >= 15 is 0 Å². The summed E-state index contributed by atoms with van der Waals surface area (Å²) in [5.41, 5.74) is 3.38. The predicted molar refractivity (Wildman–Crippen MR) is 94.1 cm³/mol. The topological polar surface area (TPSA) is 62.1 Å². The molecule has 3 aromatic rings. The molecule has 1 saturated carbocycles. The van der Waals surface area contributed by atoms with Crippen molar-refractivity contribution < 1.29 is 13.6 Å². The lowest BCUT2D eigenvalue weighted by molar-refractivity contribution is -0.134. The van der Waals surface area contributed by atoms with Crippen LogP contribution in [-0.2, 0) is 11.2 Å². The maximum atomic E-state index is 13.7. The van der Waals surface area contributed by atoms with Crippen LogP contribution in [0.25, 0.3) is 11.0 Å². The Morgan fingerprint density at radius 3 is 3.08 bits per heavy atom. The van der Waals surface area contributed by atoms with Gasteiger partial charge >= 0.3 is 0 Å². The summed E-state index contributed by atoms with van der Waals surface area (Å²) in [4.78, 5) is 22.5. The van der Waals surface area contributed by atoms with Gasteiger partial charge in [-0.1, -0.05) is 0 Å². The minimum absolute atomic E-state index is 0.150. The van der Waals surface area contributed by atoms with Gasteiger partial charge in [-0.15, -0.1) is 0 Å². The minimum Gasteiger partial charge on any atom is -0.458 e. The third-order valence-corrected chi connectivity index (χ3v) is 5.59. The number of rotatable bonds is 3. The number of imidazole rings is 1. The Morgan fingerprint density at radius 2 is 2.27 bits per heavy atom. The molecule has 5 nitrogen and oxygen atoms in total. The number of aromatic amines is 1. The number of aromatic nitrogens is 2. The summed E-state index contributed by atoms with van der Waals surface area (Å²) in [6, 6.07) is 4.17. The Labute approximate surface area is 150 Å². The summed E-state index contributed by atoms with van der Waals surface area (Å²) in [6.45, 7) is 2.56. The molecule has 1 aromatic carbocycles. The Kier molecular flexibility index (Phi) is 3.42.